The number of aromatic amines is 1. The number of H-pyrrole nitrogens is 1. The van der Waals surface area contributed by atoms with Gasteiger partial charge in [-0.15, -0.1) is 5.10 Å². The predicted molar refractivity (Wildman–Crippen MR) is 131 cm³/mol. The third-order valence-electron chi connectivity index (χ3n) is 4.36. The van der Waals surface area contributed by atoms with Crippen molar-refractivity contribution >= 4 is 35.1 Å². The lowest BCUT2D eigenvalue weighted by Gasteiger charge is -2.19. The largest absolute Gasteiger partial charge is 0.453 e. The average molecular weight is 524 g/mol. The zero-order chi connectivity index (χ0) is 26.1. The highest BCUT2D eigenvalue weighted by Gasteiger charge is 2.20. The third kappa shape index (κ3) is 6.31. The Kier molecular flexibility index (Phi) is 7.41. The SMILES string of the molecule is CC(C)n1cc(Oc2c(Cl)cc(-n3nc(NC(=O)OC(C)(C)C)c(=O)[nH]c3=O)cc2Cl)ccc1=O. The zero-order valence-electron chi connectivity index (χ0n) is 19.5. The Bertz CT molecular complexity index is 1430. The number of anilines is 1. The maximum absolute atomic E-state index is 12.4. The molecule has 3 rings (SSSR count). The number of amides is 1. The van der Waals surface area contributed by atoms with Gasteiger partial charge in [0.1, 0.15) is 11.4 Å². The summed E-state index contributed by atoms with van der Waals surface area (Å²) in [7, 11) is 0. The second-order valence-corrected chi connectivity index (χ2v) is 9.51. The smallest absolute Gasteiger partial charge is 0.413 e. The molecular weight excluding hydrogens is 501 g/mol. The minimum absolute atomic E-state index is 0.0244. The van der Waals surface area contributed by atoms with Crippen LogP contribution in [-0.2, 0) is 4.74 Å². The van der Waals surface area contributed by atoms with Gasteiger partial charge in [0, 0.05) is 12.1 Å². The number of rotatable bonds is 5. The highest BCUT2D eigenvalue weighted by atomic mass is 35.5. The van der Waals surface area contributed by atoms with Gasteiger partial charge < -0.3 is 14.0 Å². The van der Waals surface area contributed by atoms with E-state index in [0.29, 0.717) is 5.75 Å². The van der Waals surface area contributed by atoms with E-state index in [0.717, 1.165) is 4.68 Å². The first-order valence-corrected chi connectivity index (χ1v) is 11.1. The Balaban J connectivity index is 1.97. The minimum Gasteiger partial charge on any atom is -0.453 e. The molecule has 0 aliphatic rings. The zero-order valence-corrected chi connectivity index (χ0v) is 21.0. The number of nitrogens with one attached hydrogen (secondary N) is 2. The lowest BCUT2D eigenvalue weighted by atomic mass is 10.2. The quantitative estimate of drug-likeness (QED) is 0.513. The first-order valence-electron chi connectivity index (χ1n) is 10.4. The maximum atomic E-state index is 12.4. The van der Waals surface area contributed by atoms with Gasteiger partial charge in [-0.25, -0.2) is 9.59 Å². The van der Waals surface area contributed by atoms with Crippen LogP contribution in [-0.4, -0.2) is 31.0 Å². The van der Waals surface area contributed by atoms with Gasteiger partial charge in [-0.1, -0.05) is 23.2 Å². The van der Waals surface area contributed by atoms with E-state index in [-0.39, 0.29) is 33.1 Å². The molecule has 0 fully saturated rings. The number of benzene rings is 1. The fourth-order valence-electron chi connectivity index (χ4n) is 2.89. The number of carbonyl (C=O) groups excluding carboxylic acids is 1. The number of pyridine rings is 1. The molecule has 0 aliphatic heterocycles. The van der Waals surface area contributed by atoms with Gasteiger partial charge in [-0.3, -0.25) is 19.9 Å². The summed E-state index contributed by atoms with van der Waals surface area (Å²) in [5.74, 6) is -0.0731. The Morgan fingerprint density at radius 1 is 1.11 bits per heavy atom. The summed E-state index contributed by atoms with van der Waals surface area (Å²) in [6, 6.07) is 5.41. The van der Waals surface area contributed by atoms with Gasteiger partial charge in [0.2, 0.25) is 5.82 Å². The van der Waals surface area contributed by atoms with Crippen molar-refractivity contribution in [3.05, 3.63) is 71.7 Å². The van der Waals surface area contributed by atoms with Crippen LogP contribution < -0.4 is 26.9 Å². The molecule has 0 saturated carbocycles. The van der Waals surface area contributed by atoms with Gasteiger partial charge in [-0.05, 0) is 52.8 Å². The first-order chi connectivity index (χ1) is 16.2. The van der Waals surface area contributed by atoms with Crippen LogP contribution in [0.4, 0.5) is 10.6 Å². The van der Waals surface area contributed by atoms with Crippen LogP contribution in [0.15, 0.2) is 44.8 Å². The number of carbonyl (C=O) groups is 1. The van der Waals surface area contributed by atoms with Crippen LogP contribution in [0.25, 0.3) is 5.69 Å². The second kappa shape index (κ2) is 9.96. The number of hydrogen-bond donors (Lipinski definition) is 2. The van der Waals surface area contributed by atoms with Crippen molar-refractivity contribution in [2.45, 2.75) is 46.3 Å². The average Bonchev–Trinajstić information content (AvgIpc) is 2.72. The minimum atomic E-state index is -0.928. The highest BCUT2D eigenvalue weighted by Crippen LogP contribution is 2.38. The summed E-state index contributed by atoms with van der Waals surface area (Å²) in [6.07, 6.45) is 0.596. The Morgan fingerprint density at radius 2 is 1.74 bits per heavy atom. The number of ether oxygens (including phenoxy) is 2. The second-order valence-electron chi connectivity index (χ2n) is 8.69. The van der Waals surface area contributed by atoms with Crippen LogP contribution in [0, 0.1) is 0 Å². The topological polar surface area (TPSA) is 137 Å². The van der Waals surface area contributed by atoms with Crippen molar-refractivity contribution < 1.29 is 14.3 Å². The molecule has 186 valence electrons. The maximum Gasteiger partial charge on any atom is 0.413 e. The van der Waals surface area contributed by atoms with Crippen molar-refractivity contribution in [2.75, 3.05) is 5.32 Å². The Labute approximate surface area is 209 Å². The fourth-order valence-corrected chi connectivity index (χ4v) is 3.44. The molecule has 0 saturated heterocycles. The molecular formula is C22H23Cl2N5O6. The molecule has 3 aromatic rings. The standard InChI is InChI=1S/C22H23Cl2N5O6/c1-11(2)28-10-13(6-7-16(28)30)34-17-14(23)8-12(9-15(17)24)29-20(32)26-19(31)18(27-29)25-21(33)35-22(3,4)5/h6-11H,1-5H3,(H,25,27,33)(H,26,31,32). The van der Waals surface area contributed by atoms with Gasteiger partial charge in [-0.2, -0.15) is 4.68 Å². The summed E-state index contributed by atoms with van der Waals surface area (Å²) in [5, 5.41) is 6.15. The Morgan fingerprint density at radius 3 is 2.31 bits per heavy atom. The molecule has 2 aromatic heterocycles. The van der Waals surface area contributed by atoms with Gasteiger partial charge >= 0.3 is 11.8 Å². The van der Waals surface area contributed by atoms with Crippen LogP contribution in [0.3, 0.4) is 0 Å². The number of aromatic nitrogens is 4. The van der Waals surface area contributed by atoms with E-state index in [2.05, 4.69) is 15.4 Å². The summed E-state index contributed by atoms with van der Waals surface area (Å²) in [4.78, 5) is 50.6. The van der Waals surface area contributed by atoms with Crippen molar-refractivity contribution in [3.63, 3.8) is 0 Å². The van der Waals surface area contributed by atoms with E-state index < -0.39 is 28.8 Å². The molecule has 2 heterocycles. The monoisotopic (exact) mass is 523 g/mol. The summed E-state index contributed by atoms with van der Waals surface area (Å²) < 4.78 is 13.2. The van der Waals surface area contributed by atoms with E-state index in [1.807, 2.05) is 13.8 Å². The molecule has 11 nitrogen and oxygen atoms in total. The number of halogens is 2. The lowest BCUT2D eigenvalue weighted by Crippen LogP contribution is -2.36. The van der Waals surface area contributed by atoms with Crippen molar-refractivity contribution in [3.8, 4) is 17.2 Å². The first kappa shape index (κ1) is 26.0. The molecule has 1 aromatic carbocycles. The molecule has 1 amide bonds. The number of nitrogens with zero attached hydrogens (tertiary/aromatic N) is 3. The van der Waals surface area contributed by atoms with E-state index in [9.17, 15) is 19.2 Å². The van der Waals surface area contributed by atoms with Crippen LogP contribution >= 0.6 is 23.2 Å². The molecule has 0 atom stereocenters. The normalized spacial score (nSPS) is 11.4. The lowest BCUT2D eigenvalue weighted by molar-refractivity contribution is 0.0634. The van der Waals surface area contributed by atoms with E-state index in [1.165, 1.54) is 35.0 Å². The Hall–Kier alpha value is -3.57. The molecule has 0 aliphatic carbocycles. The van der Waals surface area contributed by atoms with E-state index >= 15 is 0 Å². The summed E-state index contributed by atoms with van der Waals surface area (Å²) >= 11 is 12.7. The van der Waals surface area contributed by atoms with Gasteiger partial charge in [0.05, 0.1) is 21.9 Å². The highest BCUT2D eigenvalue weighted by molar-refractivity contribution is 6.37. The van der Waals surface area contributed by atoms with E-state index in [1.54, 1.807) is 20.8 Å². The van der Waals surface area contributed by atoms with Crippen molar-refractivity contribution in [1.82, 2.24) is 19.3 Å². The van der Waals surface area contributed by atoms with Crippen molar-refractivity contribution in [1.29, 1.82) is 0 Å². The van der Waals surface area contributed by atoms with Crippen LogP contribution in [0.5, 0.6) is 11.5 Å². The van der Waals surface area contributed by atoms with Gasteiger partial charge in [0.25, 0.3) is 11.1 Å². The molecule has 0 bridgehead atoms. The summed E-state index contributed by atoms with van der Waals surface area (Å²) in [6.45, 7) is 8.64. The molecule has 0 spiro atoms. The fraction of sp³-hybridized carbons (Fsp3) is 0.318. The number of hydrogen-bond acceptors (Lipinski definition) is 7. The van der Waals surface area contributed by atoms with Crippen LogP contribution in [0.2, 0.25) is 10.0 Å². The predicted octanol–water partition coefficient (Wildman–Crippen LogP) is 4.11. The molecule has 13 heteroatoms. The van der Waals surface area contributed by atoms with Crippen molar-refractivity contribution in [2.24, 2.45) is 0 Å². The van der Waals surface area contributed by atoms with E-state index in [4.69, 9.17) is 32.7 Å². The third-order valence-corrected chi connectivity index (χ3v) is 4.92. The molecule has 0 radical (unpaired) electrons. The summed E-state index contributed by atoms with van der Waals surface area (Å²) in [5.41, 5.74) is -2.73. The molecule has 35 heavy (non-hydrogen) atoms. The molecule has 2 N–H and O–H groups in total. The van der Waals surface area contributed by atoms with Crippen LogP contribution in [0.1, 0.15) is 40.7 Å². The molecule has 0 unspecified atom stereocenters. The van der Waals surface area contributed by atoms with Gasteiger partial charge in [0.15, 0.2) is 5.75 Å².